The number of aliphatic imine (C=N–C) groups is 1. The van der Waals surface area contributed by atoms with Crippen molar-refractivity contribution >= 4 is 17.3 Å². The van der Waals surface area contributed by atoms with Gasteiger partial charge in [-0.05, 0) is 20.0 Å². The molecular weight excluding hydrogens is 327 g/mol. The molecule has 0 aromatic carbocycles. The first-order valence-electron chi connectivity index (χ1n) is 7.51. The van der Waals surface area contributed by atoms with Gasteiger partial charge in [0.25, 0.3) is 0 Å². The Hall–Kier alpha value is -1.35. The Labute approximate surface area is 139 Å². The molecule has 1 aromatic rings. The number of aromatic nitrogens is 1. The molecule has 0 bridgehead atoms. The van der Waals surface area contributed by atoms with Gasteiger partial charge in [0.2, 0.25) is 0 Å². The predicted octanol–water partition coefficient (Wildman–Crippen LogP) is 2.56. The van der Waals surface area contributed by atoms with Crippen LogP contribution in [0.4, 0.5) is 13.2 Å². The lowest BCUT2D eigenvalue weighted by Gasteiger charge is -2.27. The van der Waals surface area contributed by atoms with Crippen molar-refractivity contribution < 1.29 is 13.2 Å². The minimum absolute atomic E-state index is 0.208. The molecule has 0 aliphatic carbocycles. The highest BCUT2D eigenvalue weighted by molar-refractivity contribution is 7.09. The van der Waals surface area contributed by atoms with Gasteiger partial charge in [-0.3, -0.25) is 9.89 Å². The number of rotatable bonds is 7. The van der Waals surface area contributed by atoms with Crippen molar-refractivity contribution in [2.24, 2.45) is 4.99 Å². The quantitative estimate of drug-likeness (QED) is 0.586. The van der Waals surface area contributed by atoms with Gasteiger partial charge >= 0.3 is 6.18 Å². The third-order valence-corrected chi connectivity index (χ3v) is 4.32. The van der Waals surface area contributed by atoms with E-state index in [-0.39, 0.29) is 6.54 Å². The minimum Gasteiger partial charge on any atom is -0.355 e. The number of hydrogen-bond acceptors (Lipinski definition) is 4. The average Bonchev–Trinajstić information content (AvgIpc) is 2.97. The number of nitrogens with zero attached hydrogens (tertiary/aromatic N) is 3. The molecule has 0 aliphatic heterocycles. The van der Waals surface area contributed by atoms with Crippen LogP contribution < -0.4 is 10.6 Å². The lowest BCUT2D eigenvalue weighted by molar-refractivity contribution is -0.140. The molecule has 0 amide bonds. The summed E-state index contributed by atoms with van der Waals surface area (Å²) < 4.78 is 37.5. The normalized spacial score (nSPS) is 14.2. The van der Waals surface area contributed by atoms with Crippen LogP contribution in [0.3, 0.4) is 0 Å². The number of guanidine groups is 1. The molecule has 2 N–H and O–H groups in total. The van der Waals surface area contributed by atoms with E-state index in [1.165, 1.54) is 0 Å². The van der Waals surface area contributed by atoms with E-state index < -0.39 is 11.9 Å². The predicted molar refractivity (Wildman–Crippen MR) is 87.7 cm³/mol. The van der Waals surface area contributed by atoms with E-state index in [4.69, 9.17) is 0 Å². The molecule has 1 unspecified atom stereocenters. The van der Waals surface area contributed by atoms with Gasteiger partial charge in [-0.1, -0.05) is 13.8 Å². The summed E-state index contributed by atoms with van der Waals surface area (Å²) in [5, 5.41) is 7.55. The maximum absolute atomic E-state index is 12.5. The van der Waals surface area contributed by atoms with Crippen molar-refractivity contribution in [3.8, 4) is 0 Å². The van der Waals surface area contributed by atoms with Gasteiger partial charge in [-0.15, -0.1) is 11.3 Å². The van der Waals surface area contributed by atoms with E-state index >= 15 is 0 Å². The fraction of sp³-hybridized carbons (Fsp3) is 0.714. The van der Waals surface area contributed by atoms with Gasteiger partial charge in [0.15, 0.2) is 11.7 Å². The van der Waals surface area contributed by atoms with Crippen molar-refractivity contribution in [2.75, 3.05) is 26.7 Å². The second kappa shape index (κ2) is 9.07. The minimum atomic E-state index is -4.39. The van der Waals surface area contributed by atoms with Crippen LogP contribution in [0.5, 0.6) is 0 Å². The van der Waals surface area contributed by atoms with Crippen molar-refractivity contribution in [3.63, 3.8) is 0 Å². The molecule has 23 heavy (non-hydrogen) atoms. The summed E-state index contributed by atoms with van der Waals surface area (Å²) in [5.74, 6) is 0.549. The Morgan fingerprint density at radius 2 is 2.00 bits per heavy atom. The van der Waals surface area contributed by atoms with Gasteiger partial charge in [-0.2, -0.15) is 13.2 Å². The van der Waals surface area contributed by atoms with E-state index in [0.29, 0.717) is 23.6 Å². The van der Waals surface area contributed by atoms with E-state index in [9.17, 15) is 13.2 Å². The summed E-state index contributed by atoms with van der Waals surface area (Å²) in [6.07, 6.45) is -4.39. The average molecular weight is 351 g/mol. The maximum atomic E-state index is 12.5. The number of likely N-dealkylation sites (N-methyl/N-ethyl adjacent to an activating group) is 1. The van der Waals surface area contributed by atoms with Crippen molar-refractivity contribution in [2.45, 2.75) is 39.5 Å². The molecular formula is C14H24F3N5S. The number of thiazole rings is 1. The van der Waals surface area contributed by atoms with Gasteiger partial charge in [0.05, 0.1) is 6.54 Å². The van der Waals surface area contributed by atoms with E-state index in [0.717, 1.165) is 29.8 Å². The van der Waals surface area contributed by atoms with Gasteiger partial charge in [-0.25, -0.2) is 4.98 Å². The molecule has 132 valence electrons. The zero-order chi connectivity index (χ0) is 17.5. The summed E-state index contributed by atoms with van der Waals surface area (Å²) in [6, 6.07) is 0.334. The summed E-state index contributed by atoms with van der Waals surface area (Å²) >= 11 is 0.981. The van der Waals surface area contributed by atoms with E-state index in [2.05, 4.69) is 46.3 Å². The summed E-state index contributed by atoms with van der Waals surface area (Å²) in [7, 11) is 1.63. The van der Waals surface area contributed by atoms with Crippen LogP contribution in [0, 0.1) is 0 Å². The Kier molecular flexibility index (Phi) is 7.77. The Morgan fingerprint density at radius 1 is 1.35 bits per heavy atom. The molecule has 1 heterocycles. The largest absolute Gasteiger partial charge is 0.434 e. The van der Waals surface area contributed by atoms with Crippen LogP contribution in [0.15, 0.2) is 10.4 Å². The van der Waals surface area contributed by atoms with Crippen LogP contribution in [0.25, 0.3) is 0 Å². The number of nitrogens with one attached hydrogen (secondary N) is 2. The van der Waals surface area contributed by atoms with E-state index in [1.54, 1.807) is 7.05 Å². The van der Waals surface area contributed by atoms with Gasteiger partial charge < -0.3 is 10.6 Å². The summed E-state index contributed by atoms with van der Waals surface area (Å²) in [4.78, 5) is 9.95. The highest BCUT2D eigenvalue weighted by Crippen LogP contribution is 2.29. The molecule has 0 saturated carbocycles. The van der Waals surface area contributed by atoms with Crippen LogP contribution in [0.1, 0.15) is 31.5 Å². The molecule has 0 radical (unpaired) electrons. The number of alkyl halides is 3. The smallest absolute Gasteiger partial charge is 0.355 e. The van der Waals surface area contributed by atoms with Gasteiger partial charge in [0, 0.05) is 25.0 Å². The fourth-order valence-electron chi connectivity index (χ4n) is 2.12. The first-order chi connectivity index (χ1) is 10.8. The number of hydrogen-bond donors (Lipinski definition) is 2. The summed E-state index contributed by atoms with van der Waals surface area (Å²) in [6.45, 7) is 9.16. The Balaban J connectivity index is 2.47. The molecule has 0 fully saturated rings. The first-order valence-corrected chi connectivity index (χ1v) is 8.39. The molecule has 1 aromatic heterocycles. The lowest BCUT2D eigenvalue weighted by Crippen LogP contribution is -2.45. The zero-order valence-corrected chi connectivity index (χ0v) is 14.7. The molecule has 1 atom stereocenters. The van der Waals surface area contributed by atoms with Gasteiger partial charge in [0.1, 0.15) is 5.01 Å². The first kappa shape index (κ1) is 19.7. The highest BCUT2D eigenvalue weighted by atomic mass is 32.1. The SMILES string of the molecule is CCN(CC)C(C)CNC(=NC)NCc1nc(C(F)(F)F)cs1. The van der Waals surface area contributed by atoms with Crippen molar-refractivity contribution in [1.29, 1.82) is 0 Å². The molecule has 5 nitrogen and oxygen atoms in total. The summed E-state index contributed by atoms with van der Waals surface area (Å²) in [5.41, 5.74) is -0.850. The Bertz CT molecular complexity index is 497. The van der Waals surface area contributed by atoms with E-state index in [1.807, 2.05) is 0 Å². The second-order valence-electron chi connectivity index (χ2n) is 5.00. The molecule has 0 saturated heterocycles. The van der Waals surface area contributed by atoms with Crippen LogP contribution in [-0.2, 0) is 12.7 Å². The molecule has 0 aliphatic rings. The highest BCUT2D eigenvalue weighted by Gasteiger charge is 2.33. The third-order valence-electron chi connectivity index (χ3n) is 3.47. The van der Waals surface area contributed by atoms with Crippen LogP contribution in [0.2, 0.25) is 0 Å². The van der Waals surface area contributed by atoms with Crippen LogP contribution in [-0.4, -0.2) is 48.6 Å². The lowest BCUT2D eigenvalue weighted by atomic mass is 10.3. The third kappa shape index (κ3) is 6.34. The molecule has 0 spiro atoms. The van der Waals surface area contributed by atoms with Crippen molar-refractivity contribution in [3.05, 3.63) is 16.1 Å². The molecule has 9 heteroatoms. The standard InChI is InChI=1S/C14H24F3N5S/c1-5-22(6-2)10(3)7-19-13(18-4)20-8-12-21-11(9-23-12)14(15,16)17/h9-10H,5-8H2,1-4H3,(H2,18,19,20). The Morgan fingerprint density at radius 3 is 2.48 bits per heavy atom. The topological polar surface area (TPSA) is 52.5 Å². The fourth-order valence-corrected chi connectivity index (χ4v) is 2.86. The monoisotopic (exact) mass is 351 g/mol. The maximum Gasteiger partial charge on any atom is 0.434 e. The number of halogens is 3. The van der Waals surface area contributed by atoms with Crippen molar-refractivity contribution in [1.82, 2.24) is 20.5 Å². The zero-order valence-electron chi connectivity index (χ0n) is 13.9. The second-order valence-corrected chi connectivity index (χ2v) is 5.94. The molecule has 1 rings (SSSR count). The van der Waals surface area contributed by atoms with Crippen LogP contribution >= 0.6 is 11.3 Å².